The van der Waals surface area contributed by atoms with E-state index in [1.807, 2.05) is 4.90 Å². The number of amides is 1. The molecular formula is C12H13F3N6O. The zero-order valence-corrected chi connectivity index (χ0v) is 11.4. The Morgan fingerprint density at radius 1 is 1.23 bits per heavy atom. The van der Waals surface area contributed by atoms with Gasteiger partial charge in [0, 0.05) is 19.0 Å². The van der Waals surface area contributed by atoms with E-state index in [1.54, 1.807) is 6.07 Å². The number of carbonyl (C=O) groups excluding carboxylic acids is 1. The molecule has 10 heteroatoms. The number of fused-ring (bicyclic) bond motifs is 1. The fraction of sp³-hybridized carbons (Fsp3) is 0.500. The number of hydrogen-bond donors (Lipinski definition) is 1. The number of hydrogen-bond acceptors (Lipinski definition) is 5. The van der Waals surface area contributed by atoms with E-state index in [0.29, 0.717) is 36.3 Å². The summed E-state index contributed by atoms with van der Waals surface area (Å²) in [4.78, 5) is 13.0. The second-order valence-electron chi connectivity index (χ2n) is 5.15. The number of rotatable bonds is 2. The normalized spacial score (nSPS) is 17.1. The van der Waals surface area contributed by atoms with Crippen molar-refractivity contribution in [1.29, 1.82) is 0 Å². The van der Waals surface area contributed by atoms with Gasteiger partial charge >= 0.3 is 6.18 Å². The Labute approximate surface area is 122 Å². The van der Waals surface area contributed by atoms with Gasteiger partial charge in [-0.1, -0.05) is 0 Å². The van der Waals surface area contributed by atoms with Crippen LogP contribution in [-0.4, -0.2) is 38.8 Å². The molecule has 0 aliphatic carbocycles. The molecule has 1 aliphatic heterocycles. The maximum Gasteiger partial charge on any atom is 0.453 e. The van der Waals surface area contributed by atoms with Crippen molar-refractivity contribution >= 4 is 17.4 Å². The van der Waals surface area contributed by atoms with Gasteiger partial charge in [0.25, 0.3) is 5.82 Å². The van der Waals surface area contributed by atoms with E-state index >= 15 is 0 Å². The van der Waals surface area contributed by atoms with E-state index in [9.17, 15) is 18.0 Å². The average molecular weight is 314 g/mol. The van der Waals surface area contributed by atoms with E-state index in [1.165, 1.54) is 6.07 Å². The van der Waals surface area contributed by atoms with Crippen LogP contribution in [0.2, 0.25) is 0 Å². The number of nitrogens with zero attached hydrogens (tertiary/aromatic N) is 5. The SMILES string of the molecule is NC(=O)C1CCN(c2ccc3nnc(C(F)(F)F)n3n2)CC1. The summed E-state index contributed by atoms with van der Waals surface area (Å²) < 4.78 is 39.2. The van der Waals surface area contributed by atoms with Crippen molar-refractivity contribution < 1.29 is 18.0 Å². The Morgan fingerprint density at radius 2 is 1.91 bits per heavy atom. The number of carbonyl (C=O) groups is 1. The second kappa shape index (κ2) is 5.11. The largest absolute Gasteiger partial charge is 0.453 e. The minimum atomic E-state index is -4.62. The van der Waals surface area contributed by atoms with Crippen molar-refractivity contribution in [3.63, 3.8) is 0 Å². The summed E-state index contributed by atoms with van der Waals surface area (Å²) in [5.74, 6) is -1.31. The molecule has 3 heterocycles. The van der Waals surface area contributed by atoms with Gasteiger partial charge in [0.2, 0.25) is 5.91 Å². The van der Waals surface area contributed by atoms with Crippen molar-refractivity contribution in [2.45, 2.75) is 19.0 Å². The average Bonchev–Trinajstić information content (AvgIpc) is 2.90. The molecule has 7 nitrogen and oxygen atoms in total. The first kappa shape index (κ1) is 14.5. The van der Waals surface area contributed by atoms with Crippen LogP contribution in [0, 0.1) is 5.92 Å². The molecule has 0 saturated carbocycles. The van der Waals surface area contributed by atoms with Crippen molar-refractivity contribution in [2.75, 3.05) is 18.0 Å². The molecule has 1 aliphatic rings. The molecule has 1 amide bonds. The maximum absolute atomic E-state index is 12.8. The van der Waals surface area contributed by atoms with Crippen LogP contribution < -0.4 is 10.6 Å². The second-order valence-corrected chi connectivity index (χ2v) is 5.15. The fourth-order valence-electron chi connectivity index (χ4n) is 2.52. The summed E-state index contributed by atoms with van der Waals surface area (Å²) in [5, 5.41) is 10.6. The Balaban J connectivity index is 1.88. The molecule has 0 atom stereocenters. The molecule has 0 radical (unpaired) electrons. The Hall–Kier alpha value is -2.39. The smallest absolute Gasteiger partial charge is 0.369 e. The topological polar surface area (TPSA) is 89.4 Å². The summed E-state index contributed by atoms with van der Waals surface area (Å²) >= 11 is 0. The number of alkyl halides is 3. The van der Waals surface area contributed by atoms with Crippen LogP contribution in [0.3, 0.4) is 0 Å². The van der Waals surface area contributed by atoms with Gasteiger partial charge in [0.05, 0.1) is 0 Å². The third kappa shape index (κ3) is 2.55. The van der Waals surface area contributed by atoms with Gasteiger partial charge in [-0.15, -0.1) is 15.3 Å². The van der Waals surface area contributed by atoms with Gasteiger partial charge in [-0.3, -0.25) is 4.79 Å². The third-order valence-corrected chi connectivity index (χ3v) is 3.72. The fourth-order valence-corrected chi connectivity index (χ4v) is 2.52. The highest BCUT2D eigenvalue weighted by Gasteiger charge is 2.38. The van der Waals surface area contributed by atoms with Crippen LogP contribution in [0.5, 0.6) is 0 Å². The zero-order chi connectivity index (χ0) is 15.9. The van der Waals surface area contributed by atoms with E-state index in [4.69, 9.17) is 5.73 Å². The van der Waals surface area contributed by atoms with E-state index in [0.717, 1.165) is 0 Å². The zero-order valence-electron chi connectivity index (χ0n) is 11.4. The van der Waals surface area contributed by atoms with Gasteiger partial charge in [0.1, 0.15) is 5.82 Å². The van der Waals surface area contributed by atoms with Crippen molar-refractivity contribution in [2.24, 2.45) is 11.7 Å². The summed E-state index contributed by atoms with van der Waals surface area (Å²) in [6.45, 7) is 1.02. The highest BCUT2D eigenvalue weighted by atomic mass is 19.4. The molecule has 2 aromatic rings. The molecule has 1 fully saturated rings. The van der Waals surface area contributed by atoms with Gasteiger partial charge in [-0.25, -0.2) is 0 Å². The molecule has 22 heavy (non-hydrogen) atoms. The molecule has 2 N–H and O–H groups in total. The molecular weight excluding hydrogens is 301 g/mol. The van der Waals surface area contributed by atoms with Crippen LogP contribution in [0.1, 0.15) is 18.7 Å². The standard InChI is InChI=1S/C12H13F3N6O/c13-12(14,15)11-18-17-8-1-2-9(19-21(8)11)20-5-3-7(4-6-20)10(16)22/h1-2,7H,3-6H2,(H2,16,22). The van der Waals surface area contributed by atoms with Crippen LogP contribution in [-0.2, 0) is 11.0 Å². The van der Waals surface area contributed by atoms with Gasteiger partial charge < -0.3 is 10.6 Å². The summed E-state index contributed by atoms with van der Waals surface area (Å²) in [6, 6.07) is 3.03. The minimum Gasteiger partial charge on any atom is -0.369 e. The molecule has 118 valence electrons. The lowest BCUT2D eigenvalue weighted by atomic mass is 9.96. The highest BCUT2D eigenvalue weighted by Crippen LogP contribution is 2.28. The van der Waals surface area contributed by atoms with Crippen molar-refractivity contribution in [1.82, 2.24) is 19.8 Å². The molecule has 2 aromatic heterocycles. The van der Waals surface area contributed by atoms with E-state index in [2.05, 4.69) is 15.3 Å². The maximum atomic E-state index is 12.8. The highest BCUT2D eigenvalue weighted by molar-refractivity contribution is 5.77. The minimum absolute atomic E-state index is 0.0306. The molecule has 3 rings (SSSR count). The number of primary amides is 1. The van der Waals surface area contributed by atoms with Crippen molar-refractivity contribution in [3.8, 4) is 0 Å². The number of aromatic nitrogens is 4. The van der Waals surface area contributed by atoms with Crippen LogP contribution in [0.15, 0.2) is 12.1 Å². The summed E-state index contributed by atoms with van der Waals surface area (Å²) in [7, 11) is 0. The summed E-state index contributed by atoms with van der Waals surface area (Å²) in [6.07, 6.45) is -3.50. The lowest BCUT2D eigenvalue weighted by molar-refractivity contribution is -0.146. The number of halogens is 3. The number of piperidine rings is 1. The van der Waals surface area contributed by atoms with Crippen LogP contribution in [0.25, 0.3) is 5.65 Å². The molecule has 0 aromatic carbocycles. The first-order valence-electron chi connectivity index (χ1n) is 6.70. The molecule has 0 unspecified atom stereocenters. The monoisotopic (exact) mass is 314 g/mol. The number of anilines is 1. The lowest BCUT2D eigenvalue weighted by Crippen LogP contribution is -2.39. The molecule has 1 saturated heterocycles. The van der Waals surface area contributed by atoms with E-state index < -0.39 is 12.0 Å². The third-order valence-electron chi connectivity index (χ3n) is 3.72. The Bertz CT molecular complexity index is 704. The predicted molar refractivity (Wildman–Crippen MR) is 69.9 cm³/mol. The van der Waals surface area contributed by atoms with Crippen LogP contribution >= 0.6 is 0 Å². The Kier molecular flexibility index (Phi) is 3.38. The molecule has 0 bridgehead atoms. The van der Waals surface area contributed by atoms with Gasteiger partial charge in [0.15, 0.2) is 5.65 Å². The van der Waals surface area contributed by atoms with Gasteiger partial charge in [-0.2, -0.15) is 17.7 Å². The quantitative estimate of drug-likeness (QED) is 0.887. The predicted octanol–water partition coefficient (Wildman–Crippen LogP) is 0.845. The Morgan fingerprint density at radius 3 is 2.50 bits per heavy atom. The first-order chi connectivity index (χ1) is 10.4. The van der Waals surface area contributed by atoms with Gasteiger partial charge in [-0.05, 0) is 25.0 Å². The molecule has 0 spiro atoms. The summed E-state index contributed by atoms with van der Waals surface area (Å²) in [5.41, 5.74) is 5.29. The van der Waals surface area contributed by atoms with Crippen molar-refractivity contribution in [3.05, 3.63) is 18.0 Å². The number of nitrogens with two attached hydrogens (primary N) is 1. The first-order valence-corrected chi connectivity index (χ1v) is 6.70. The van der Waals surface area contributed by atoms with E-state index in [-0.39, 0.29) is 17.5 Å². The lowest BCUT2D eigenvalue weighted by Gasteiger charge is -2.31. The van der Waals surface area contributed by atoms with Crippen LogP contribution in [0.4, 0.5) is 19.0 Å².